The van der Waals surface area contributed by atoms with Crippen LogP contribution in [0.25, 0.3) is 10.9 Å². The molecule has 0 aliphatic rings. The van der Waals surface area contributed by atoms with E-state index in [1.807, 2.05) is 0 Å². The summed E-state index contributed by atoms with van der Waals surface area (Å²) in [6.45, 7) is 1.67. The molecule has 0 amide bonds. The highest BCUT2D eigenvalue weighted by Gasteiger charge is 2.15. The summed E-state index contributed by atoms with van der Waals surface area (Å²) in [7, 11) is 1.62. The molecular weight excluding hydrogens is 225 g/mol. The second kappa shape index (κ2) is 3.69. The first-order valence-corrected chi connectivity index (χ1v) is 4.94. The molecule has 2 aromatic rings. The minimum absolute atomic E-state index is 0.0879. The predicted octanol–water partition coefficient (Wildman–Crippen LogP) is 1.68. The predicted molar refractivity (Wildman–Crippen MR) is 60.8 cm³/mol. The van der Waals surface area contributed by atoms with Crippen molar-refractivity contribution >= 4 is 16.9 Å². The van der Waals surface area contributed by atoms with E-state index >= 15 is 0 Å². The van der Waals surface area contributed by atoms with Crippen molar-refractivity contribution in [3.05, 3.63) is 45.5 Å². The number of carboxylic acid groups (broad SMARTS) is 1. The molecule has 0 spiro atoms. The third-order valence-electron chi connectivity index (χ3n) is 2.66. The second-order valence-electron chi connectivity index (χ2n) is 3.91. The first-order chi connectivity index (χ1) is 7.91. The highest BCUT2D eigenvalue weighted by Crippen LogP contribution is 2.17. The lowest BCUT2D eigenvalue weighted by atomic mass is 10.1. The van der Waals surface area contributed by atoms with Crippen LogP contribution in [0.4, 0.5) is 4.39 Å². The number of aromatic nitrogens is 1. The molecule has 0 fully saturated rings. The Labute approximate surface area is 95.9 Å². The Kier molecular flexibility index (Phi) is 2.46. The molecule has 88 valence electrons. The number of fused-ring (bicyclic) bond motifs is 1. The van der Waals surface area contributed by atoms with Gasteiger partial charge < -0.3 is 9.67 Å². The number of hydrogen-bond acceptors (Lipinski definition) is 2. The van der Waals surface area contributed by atoms with Crippen LogP contribution in [0.1, 0.15) is 15.9 Å². The zero-order valence-corrected chi connectivity index (χ0v) is 9.32. The maximum Gasteiger partial charge on any atom is 0.341 e. The van der Waals surface area contributed by atoms with E-state index in [1.54, 1.807) is 14.0 Å². The molecule has 1 heterocycles. The zero-order chi connectivity index (χ0) is 12.7. The minimum Gasteiger partial charge on any atom is -0.477 e. The van der Waals surface area contributed by atoms with Crippen LogP contribution in [-0.2, 0) is 7.05 Å². The van der Waals surface area contributed by atoms with E-state index < -0.39 is 17.2 Å². The van der Waals surface area contributed by atoms with Crippen LogP contribution in [0.15, 0.2) is 23.1 Å². The summed E-state index contributed by atoms with van der Waals surface area (Å²) in [5, 5.41) is 8.97. The van der Waals surface area contributed by atoms with Gasteiger partial charge in [-0.1, -0.05) is 0 Å². The van der Waals surface area contributed by atoms with E-state index in [9.17, 15) is 14.0 Å². The molecular formula is C12H10FNO3. The molecule has 4 nitrogen and oxygen atoms in total. The van der Waals surface area contributed by atoms with Gasteiger partial charge in [0.15, 0.2) is 0 Å². The first-order valence-electron chi connectivity index (χ1n) is 4.94. The molecule has 0 unspecified atom stereocenters. The largest absolute Gasteiger partial charge is 0.477 e. The van der Waals surface area contributed by atoms with Crippen LogP contribution >= 0.6 is 0 Å². The van der Waals surface area contributed by atoms with Gasteiger partial charge in [0, 0.05) is 18.6 Å². The molecule has 0 aliphatic heterocycles. The van der Waals surface area contributed by atoms with Gasteiger partial charge in [0.2, 0.25) is 5.43 Å². The number of halogens is 1. The minimum atomic E-state index is -1.31. The number of carbonyl (C=O) groups is 1. The lowest BCUT2D eigenvalue weighted by molar-refractivity contribution is 0.0695. The Morgan fingerprint density at radius 2 is 2.06 bits per heavy atom. The van der Waals surface area contributed by atoms with Gasteiger partial charge in [0.25, 0.3) is 0 Å². The van der Waals surface area contributed by atoms with Crippen molar-refractivity contribution < 1.29 is 14.3 Å². The van der Waals surface area contributed by atoms with E-state index in [0.29, 0.717) is 11.1 Å². The van der Waals surface area contributed by atoms with Gasteiger partial charge in [-0.25, -0.2) is 9.18 Å². The average Bonchev–Trinajstić information content (AvgIpc) is 2.21. The Bertz CT molecular complexity index is 688. The molecule has 0 radical (unpaired) electrons. The SMILES string of the molecule is Cc1cc(F)cc2c(=O)c(C(=O)O)cn(C)c12. The summed E-state index contributed by atoms with van der Waals surface area (Å²) >= 11 is 0. The van der Waals surface area contributed by atoms with Gasteiger partial charge in [-0.05, 0) is 24.6 Å². The lowest BCUT2D eigenvalue weighted by Gasteiger charge is -2.09. The smallest absolute Gasteiger partial charge is 0.341 e. The van der Waals surface area contributed by atoms with Crippen LogP contribution in [0.2, 0.25) is 0 Å². The zero-order valence-electron chi connectivity index (χ0n) is 9.32. The van der Waals surface area contributed by atoms with Gasteiger partial charge in [-0.15, -0.1) is 0 Å². The Balaban J connectivity index is 3.04. The van der Waals surface area contributed by atoms with E-state index in [0.717, 1.165) is 6.07 Å². The topological polar surface area (TPSA) is 59.3 Å². The van der Waals surface area contributed by atoms with Crippen molar-refractivity contribution in [2.24, 2.45) is 7.05 Å². The molecule has 0 saturated carbocycles. The normalized spacial score (nSPS) is 10.8. The summed E-state index contributed by atoms with van der Waals surface area (Å²) in [5.41, 5.74) is 0.121. The highest BCUT2D eigenvalue weighted by atomic mass is 19.1. The fraction of sp³-hybridized carbons (Fsp3) is 0.167. The number of nitrogens with zero attached hydrogens (tertiary/aromatic N) is 1. The summed E-state index contributed by atoms with van der Waals surface area (Å²) in [6.07, 6.45) is 1.25. The Hall–Kier alpha value is -2.17. The number of aromatic carboxylic acids is 1. The van der Waals surface area contributed by atoms with Gasteiger partial charge in [0.05, 0.1) is 5.52 Å². The molecule has 0 aliphatic carbocycles. The molecule has 1 N–H and O–H groups in total. The summed E-state index contributed by atoms with van der Waals surface area (Å²) in [5.74, 6) is -1.86. The first kappa shape index (κ1) is 11.3. The molecule has 1 aromatic carbocycles. The number of hydrogen-bond donors (Lipinski definition) is 1. The van der Waals surface area contributed by atoms with E-state index in [-0.39, 0.29) is 10.9 Å². The van der Waals surface area contributed by atoms with E-state index in [4.69, 9.17) is 5.11 Å². The number of aryl methyl sites for hydroxylation is 2. The highest BCUT2D eigenvalue weighted by molar-refractivity contribution is 5.93. The summed E-state index contributed by atoms with van der Waals surface area (Å²) in [4.78, 5) is 22.7. The quantitative estimate of drug-likeness (QED) is 0.818. The van der Waals surface area contributed by atoms with Crippen LogP contribution in [0.3, 0.4) is 0 Å². The molecule has 0 atom stereocenters. The molecule has 0 bridgehead atoms. The van der Waals surface area contributed by atoms with Crippen molar-refractivity contribution in [3.8, 4) is 0 Å². The van der Waals surface area contributed by atoms with Crippen LogP contribution in [0, 0.1) is 12.7 Å². The Morgan fingerprint density at radius 1 is 1.41 bits per heavy atom. The maximum atomic E-state index is 13.2. The third-order valence-corrected chi connectivity index (χ3v) is 2.66. The van der Waals surface area contributed by atoms with Crippen LogP contribution in [0.5, 0.6) is 0 Å². The van der Waals surface area contributed by atoms with Crippen molar-refractivity contribution in [1.82, 2.24) is 4.57 Å². The van der Waals surface area contributed by atoms with Gasteiger partial charge in [0.1, 0.15) is 11.4 Å². The average molecular weight is 235 g/mol. The maximum absolute atomic E-state index is 13.2. The molecule has 17 heavy (non-hydrogen) atoms. The van der Waals surface area contributed by atoms with Crippen LogP contribution in [-0.4, -0.2) is 15.6 Å². The molecule has 2 rings (SSSR count). The van der Waals surface area contributed by atoms with Crippen molar-refractivity contribution in [2.45, 2.75) is 6.92 Å². The molecule has 0 saturated heterocycles. The monoisotopic (exact) mass is 235 g/mol. The van der Waals surface area contributed by atoms with E-state index in [1.165, 1.54) is 16.8 Å². The summed E-state index contributed by atoms with van der Waals surface area (Å²) in [6, 6.07) is 2.37. The summed E-state index contributed by atoms with van der Waals surface area (Å²) < 4.78 is 14.8. The van der Waals surface area contributed by atoms with Gasteiger partial charge in [-0.3, -0.25) is 4.79 Å². The fourth-order valence-corrected chi connectivity index (χ4v) is 1.99. The van der Waals surface area contributed by atoms with E-state index in [2.05, 4.69) is 0 Å². The lowest BCUT2D eigenvalue weighted by Crippen LogP contribution is -2.18. The Morgan fingerprint density at radius 3 is 2.65 bits per heavy atom. The number of rotatable bonds is 1. The number of carboxylic acids is 1. The second-order valence-corrected chi connectivity index (χ2v) is 3.91. The van der Waals surface area contributed by atoms with Crippen molar-refractivity contribution in [1.29, 1.82) is 0 Å². The third kappa shape index (κ3) is 1.69. The number of benzene rings is 1. The van der Waals surface area contributed by atoms with Crippen molar-refractivity contribution in [2.75, 3.05) is 0 Å². The van der Waals surface area contributed by atoms with Crippen LogP contribution < -0.4 is 5.43 Å². The molecule has 5 heteroatoms. The standard InChI is InChI=1S/C12H10FNO3/c1-6-3-7(13)4-8-10(6)14(2)5-9(11(8)15)12(16)17/h3-5H,1-2H3,(H,16,17). The van der Waals surface area contributed by atoms with Crippen molar-refractivity contribution in [3.63, 3.8) is 0 Å². The molecule has 1 aromatic heterocycles. The van der Waals surface area contributed by atoms with Gasteiger partial charge >= 0.3 is 5.97 Å². The van der Waals surface area contributed by atoms with Gasteiger partial charge in [-0.2, -0.15) is 0 Å². The fourth-order valence-electron chi connectivity index (χ4n) is 1.99. The number of pyridine rings is 1.